The van der Waals surface area contributed by atoms with Crippen LogP contribution < -0.4 is 0 Å². The largest absolute Gasteiger partial charge is 0.0616 e. The van der Waals surface area contributed by atoms with Gasteiger partial charge in [-0.1, -0.05) is 157 Å². The van der Waals surface area contributed by atoms with Gasteiger partial charge in [0, 0.05) is 0 Å². The van der Waals surface area contributed by atoms with E-state index in [0.717, 1.165) is 0 Å². The SMILES string of the molecule is CC(C)(C)c1ccc(-c2ccc(C(C)(C)C)cc2-c2cc3c(cc4c5ccccc5c5cccc3c54)c3cc4c(cc23)c2cccc3cccc4c32)cc1. The molecule has 11 aromatic rings. The smallest absolute Gasteiger partial charge is 0.00199 e. The van der Waals surface area contributed by atoms with Gasteiger partial charge in [0.05, 0.1) is 0 Å². The van der Waals surface area contributed by atoms with E-state index in [9.17, 15) is 0 Å². The van der Waals surface area contributed by atoms with Crippen molar-refractivity contribution in [1.29, 1.82) is 0 Å². The molecule has 0 saturated heterocycles. The summed E-state index contributed by atoms with van der Waals surface area (Å²) in [4.78, 5) is 0. The molecule has 0 unspecified atom stereocenters. The minimum absolute atomic E-state index is 0.00438. The summed E-state index contributed by atoms with van der Waals surface area (Å²) in [7, 11) is 0. The molecular formula is C54H42. The van der Waals surface area contributed by atoms with Crippen molar-refractivity contribution in [2.75, 3.05) is 0 Å². The summed E-state index contributed by atoms with van der Waals surface area (Å²) in [6.45, 7) is 13.9. The molecule has 0 aliphatic carbocycles. The molecule has 0 fully saturated rings. The van der Waals surface area contributed by atoms with Crippen LogP contribution in [0.5, 0.6) is 0 Å². The van der Waals surface area contributed by atoms with Crippen molar-refractivity contribution in [2.24, 2.45) is 0 Å². The number of fused-ring (bicyclic) bond motifs is 10. The van der Waals surface area contributed by atoms with Crippen LogP contribution in [0.2, 0.25) is 0 Å². The minimum atomic E-state index is -0.00438. The van der Waals surface area contributed by atoms with Crippen LogP contribution in [0.1, 0.15) is 52.7 Å². The fourth-order valence-corrected chi connectivity index (χ4v) is 9.64. The quantitative estimate of drug-likeness (QED) is 0.158. The van der Waals surface area contributed by atoms with E-state index in [1.807, 2.05) is 0 Å². The Bertz CT molecular complexity index is 3300. The first kappa shape index (κ1) is 31.5. The molecule has 0 N–H and O–H groups in total. The fourth-order valence-electron chi connectivity index (χ4n) is 9.64. The van der Waals surface area contributed by atoms with Crippen molar-refractivity contribution in [1.82, 2.24) is 0 Å². The Morgan fingerprint density at radius 3 is 1.39 bits per heavy atom. The van der Waals surface area contributed by atoms with Gasteiger partial charge in [0.15, 0.2) is 0 Å². The highest BCUT2D eigenvalue weighted by atomic mass is 14.3. The third-order valence-electron chi connectivity index (χ3n) is 12.5. The molecule has 0 radical (unpaired) electrons. The van der Waals surface area contributed by atoms with Crippen molar-refractivity contribution >= 4 is 86.2 Å². The van der Waals surface area contributed by atoms with E-state index in [1.54, 1.807) is 0 Å². The average Bonchev–Trinajstić information content (AvgIpc) is 3.67. The van der Waals surface area contributed by atoms with Gasteiger partial charge in [-0.05, 0) is 161 Å². The van der Waals surface area contributed by atoms with E-state index in [-0.39, 0.29) is 10.8 Å². The highest BCUT2D eigenvalue weighted by molar-refractivity contribution is 6.39. The zero-order valence-corrected chi connectivity index (χ0v) is 31.9. The third-order valence-corrected chi connectivity index (χ3v) is 12.5. The van der Waals surface area contributed by atoms with Gasteiger partial charge in [0.1, 0.15) is 0 Å². The van der Waals surface area contributed by atoms with Crippen molar-refractivity contribution in [3.8, 4) is 22.3 Å². The average molecular weight is 691 g/mol. The Morgan fingerprint density at radius 1 is 0.278 bits per heavy atom. The second-order valence-corrected chi connectivity index (χ2v) is 17.7. The van der Waals surface area contributed by atoms with E-state index in [2.05, 4.69) is 187 Å². The summed E-state index contributed by atoms with van der Waals surface area (Å²) in [6, 6.07) is 56.1. The second-order valence-electron chi connectivity index (χ2n) is 17.7. The summed E-state index contributed by atoms with van der Waals surface area (Å²) < 4.78 is 0. The summed E-state index contributed by atoms with van der Waals surface area (Å²) >= 11 is 0. The molecule has 0 aliphatic heterocycles. The molecule has 0 atom stereocenters. The lowest BCUT2D eigenvalue weighted by Crippen LogP contribution is -2.11. The van der Waals surface area contributed by atoms with Crippen LogP contribution in [0.15, 0.2) is 146 Å². The summed E-state index contributed by atoms with van der Waals surface area (Å²) in [5, 5.41) is 21.3. The molecule has 11 aromatic carbocycles. The van der Waals surface area contributed by atoms with Crippen LogP contribution in [-0.4, -0.2) is 0 Å². The maximum Gasteiger partial charge on any atom is -0.00199 e. The molecule has 0 amide bonds. The standard InChI is InChI=1S/C54H42/c1-53(2,3)33-22-20-31(21-23-33)35-25-24-34(54(4,5)6)26-42(35)46-29-45-41-19-11-18-38-36-14-7-8-15-37(36)50(52(38)41)30-49(45)48-28-44-40-17-10-13-32-12-9-16-39(51(32)40)43(44)27-47(46)48/h7-30H,1-6H3. The topological polar surface area (TPSA) is 0 Å². The Kier molecular flexibility index (Phi) is 6.31. The van der Waals surface area contributed by atoms with Crippen LogP contribution in [0, 0.1) is 0 Å². The zero-order valence-electron chi connectivity index (χ0n) is 31.9. The van der Waals surface area contributed by atoms with Gasteiger partial charge in [-0.2, -0.15) is 0 Å². The van der Waals surface area contributed by atoms with Crippen molar-refractivity contribution in [3.63, 3.8) is 0 Å². The van der Waals surface area contributed by atoms with E-state index < -0.39 is 0 Å². The monoisotopic (exact) mass is 690 g/mol. The number of benzene rings is 9. The molecule has 11 rings (SSSR count). The minimum Gasteiger partial charge on any atom is -0.0616 e. The van der Waals surface area contributed by atoms with Gasteiger partial charge in [-0.15, -0.1) is 0 Å². The Labute approximate surface area is 316 Å². The van der Waals surface area contributed by atoms with Gasteiger partial charge < -0.3 is 0 Å². The zero-order chi connectivity index (χ0) is 36.7. The lowest BCUT2D eigenvalue weighted by molar-refractivity contribution is 0.590. The van der Waals surface area contributed by atoms with Crippen LogP contribution in [0.25, 0.3) is 108 Å². The number of hydrogen-bond acceptors (Lipinski definition) is 0. The molecule has 0 aliphatic rings. The lowest BCUT2D eigenvalue weighted by Gasteiger charge is -2.24. The van der Waals surface area contributed by atoms with Crippen molar-refractivity contribution in [2.45, 2.75) is 52.4 Å². The molecule has 0 heteroatoms. The van der Waals surface area contributed by atoms with Crippen molar-refractivity contribution < 1.29 is 0 Å². The van der Waals surface area contributed by atoms with Crippen LogP contribution in [0.4, 0.5) is 0 Å². The third kappa shape index (κ3) is 4.37. The maximum atomic E-state index is 2.54. The fraction of sp³-hybridized carbons (Fsp3) is 0.148. The molecular weight excluding hydrogens is 649 g/mol. The Hall–Kier alpha value is -5.98. The van der Waals surface area contributed by atoms with E-state index >= 15 is 0 Å². The highest BCUT2D eigenvalue weighted by Crippen LogP contribution is 2.49. The highest BCUT2D eigenvalue weighted by Gasteiger charge is 2.23. The van der Waals surface area contributed by atoms with Crippen LogP contribution >= 0.6 is 0 Å². The van der Waals surface area contributed by atoms with E-state index in [0.29, 0.717) is 0 Å². The predicted octanol–water partition coefficient (Wildman–Crippen LogP) is 15.7. The summed E-state index contributed by atoms with van der Waals surface area (Å²) in [6.07, 6.45) is 0. The molecule has 0 saturated carbocycles. The lowest BCUT2D eigenvalue weighted by atomic mass is 9.80. The van der Waals surface area contributed by atoms with Gasteiger partial charge in [0.2, 0.25) is 0 Å². The molecule has 54 heavy (non-hydrogen) atoms. The van der Waals surface area contributed by atoms with Gasteiger partial charge in [-0.3, -0.25) is 0 Å². The van der Waals surface area contributed by atoms with Gasteiger partial charge in [0.25, 0.3) is 0 Å². The maximum absolute atomic E-state index is 2.54. The van der Waals surface area contributed by atoms with Gasteiger partial charge in [-0.25, -0.2) is 0 Å². The van der Waals surface area contributed by atoms with Crippen molar-refractivity contribution in [3.05, 3.63) is 157 Å². The predicted molar refractivity (Wildman–Crippen MR) is 237 cm³/mol. The number of rotatable bonds is 2. The molecule has 258 valence electrons. The molecule has 0 aromatic heterocycles. The van der Waals surface area contributed by atoms with Crippen LogP contribution in [0.3, 0.4) is 0 Å². The molecule has 0 spiro atoms. The summed E-state index contributed by atoms with van der Waals surface area (Å²) in [5.74, 6) is 0. The first-order chi connectivity index (χ1) is 26.0. The first-order valence-corrected chi connectivity index (χ1v) is 19.4. The second kappa shape index (κ2) is 10.8. The Balaban J connectivity index is 1.34. The normalized spacial score (nSPS) is 13.0. The molecule has 0 heterocycles. The first-order valence-electron chi connectivity index (χ1n) is 19.4. The van der Waals surface area contributed by atoms with Gasteiger partial charge >= 0.3 is 0 Å². The van der Waals surface area contributed by atoms with Crippen LogP contribution in [-0.2, 0) is 10.8 Å². The molecule has 0 nitrogen and oxygen atoms in total. The molecule has 0 bridgehead atoms. The summed E-state index contributed by atoms with van der Waals surface area (Å²) in [5.41, 5.74) is 7.89. The van der Waals surface area contributed by atoms with E-state index in [4.69, 9.17) is 0 Å². The Morgan fingerprint density at radius 2 is 0.741 bits per heavy atom. The van der Waals surface area contributed by atoms with E-state index in [1.165, 1.54) is 120 Å². The number of hydrogen-bond donors (Lipinski definition) is 0.